The van der Waals surface area contributed by atoms with Crippen molar-refractivity contribution >= 4 is 11.8 Å². The second kappa shape index (κ2) is 8.87. The third-order valence-corrected chi connectivity index (χ3v) is 4.53. The summed E-state index contributed by atoms with van der Waals surface area (Å²) in [6.07, 6.45) is 1.35. The average Bonchev–Trinajstić information content (AvgIpc) is 2.72. The molecular formula is C20H22FN3O5. The molecule has 9 heteroatoms. The molecule has 1 aromatic heterocycles. The van der Waals surface area contributed by atoms with Crippen LogP contribution < -0.4 is 15.2 Å². The van der Waals surface area contributed by atoms with Crippen molar-refractivity contribution in [3.05, 3.63) is 54.1 Å². The average molecular weight is 403 g/mol. The number of hydrogen-bond acceptors (Lipinski definition) is 6. The van der Waals surface area contributed by atoms with Crippen molar-refractivity contribution in [1.29, 1.82) is 0 Å². The zero-order valence-electron chi connectivity index (χ0n) is 16.0. The normalized spacial score (nSPS) is 18.9. The molecule has 29 heavy (non-hydrogen) atoms. The van der Waals surface area contributed by atoms with Crippen molar-refractivity contribution in [2.45, 2.75) is 12.0 Å². The monoisotopic (exact) mass is 403 g/mol. The lowest BCUT2D eigenvalue weighted by molar-refractivity contribution is -0.142. The van der Waals surface area contributed by atoms with E-state index < -0.39 is 11.5 Å². The van der Waals surface area contributed by atoms with Gasteiger partial charge in [-0.25, -0.2) is 4.39 Å². The molecule has 0 radical (unpaired) electrons. The van der Waals surface area contributed by atoms with Gasteiger partial charge in [0.25, 0.3) is 5.91 Å². The van der Waals surface area contributed by atoms with Crippen molar-refractivity contribution in [1.82, 2.24) is 9.88 Å². The Labute approximate surface area is 167 Å². The third-order valence-electron chi connectivity index (χ3n) is 4.53. The molecule has 2 aromatic rings. The van der Waals surface area contributed by atoms with Crippen LogP contribution in [0, 0.1) is 5.82 Å². The van der Waals surface area contributed by atoms with E-state index in [-0.39, 0.29) is 43.6 Å². The molecule has 0 saturated carbocycles. The SMILES string of the molecule is COc1ccnc(C(=O)N2CCO[C@@](COc3ccc(F)cc3)(CC(N)=O)C2)c1. The molecule has 1 fully saturated rings. The van der Waals surface area contributed by atoms with Crippen LogP contribution in [0.2, 0.25) is 0 Å². The predicted molar refractivity (Wildman–Crippen MR) is 101 cm³/mol. The number of rotatable bonds is 7. The van der Waals surface area contributed by atoms with Gasteiger partial charge in [-0.1, -0.05) is 0 Å². The van der Waals surface area contributed by atoms with Gasteiger partial charge in [-0.3, -0.25) is 14.6 Å². The smallest absolute Gasteiger partial charge is 0.272 e. The third kappa shape index (κ3) is 5.20. The molecule has 2 heterocycles. The number of nitrogens with two attached hydrogens (primary N) is 1. The van der Waals surface area contributed by atoms with Crippen molar-refractivity contribution < 1.29 is 28.2 Å². The molecule has 0 spiro atoms. The van der Waals surface area contributed by atoms with E-state index in [9.17, 15) is 14.0 Å². The number of nitrogens with zero attached hydrogens (tertiary/aromatic N) is 2. The molecule has 154 valence electrons. The highest BCUT2D eigenvalue weighted by Crippen LogP contribution is 2.25. The topological polar surface area (TPSA) is 104 Å². The van der Waals surface area contributed by atoms with Crippen LogP contribution in [0.1, 0.15) is 16.9 Å². The van der Waals surface area contributed by atoms with Gasteiger partial charge in [0.15, 0.2) is 0 Å². The Kier molecular flexibility index (Phi) is 6.28. The summed E-state index contributed by atoms with van der Waals surface area (Å²) in [6.45, 7) is 0.594. The first-order chi connectivity index (χ1) is 13.9. The van der Waals surface area contributed by atoms with E-state index in [0.29, 0.717) is 18.0 Å². The molecule has 3 rings (SSSR count). The van der Waals surface area contributed by atoms with Gasteiger partial charge in [0.1, 0.15) is 35.2 Å². The van der Waals surface area contributed by atoms with E-state index in [1.807, 2.05) is 0 Å². The fourth-order valence-corrected chi connectivity index (χ4v) is 3.14. The van der Waals surface area contributed by atoms with E-state index in [2.05, 4.69) is 4.98 Å². The van der Waals surface area contributed by atoms with Crippen LogP contribution in [-0.2, 0) is 9.53 Å². The van der Waals surface area contributed by atoms with Gasteiger partial charge in [-0.15, -0.1) is 0 Å². The minimum atomic E-state index is -1.12. The molecule has 2 amide bonds. The molecule has 0 bridgehead atoms. The van der Waals surface area contributed by atoms with Gasteiger partial charge >= 0.3 is 0 Å². The molecule has 1 aliphatic rings. The Morgan fingerprint density at radius 3 is 2.72 bits per heavy atom. The summed E-state index contributed by atoms with van der Waals surface area (Å²) in [7, 11) is 1.50. The lowest BCUT2D eigenvalue weighted by atomic mass is 9.97. The van der Waals surface area contributed by atoms with Crippen molar-refractivity contribution in [2.75, 3.05) is 33.4 Å². The number of benzene rings is 1. The maximum absolute atomic E-state index is 13.1. The number of carbonyl (C=O) groups is 2. The molecule has 1 saturated heterocycles. The second-order valence-corrected chi connectivity index (χ2v) is 6.72. The summed E-state index contributed by atoms with van der Waals surface area (Å²) < 4.78 is 29.8. The van der Waals surface area contributed by atoms with E-state index in [1.54, 1.807) is 17.0 Å². The summed E-state index contributed by atoms with van der Waals surface area (Å²) in [5.74, 6) is -0.360. The van der Waals surface area contributed by atoms with Gasteiger partial charge in [0.05, 0.1) is 26.7 Å². The van der Waals surface area contributed by atoms with E-state index in [1.165, 1.54) is 37.6 Å². The van der Waals surface area contributed by atoms with E-state index in [0.717, 1.165) is 0 Å². The van der Waals surface area contributed by atoms with E-state index >= 15 is 0 Å². The number of primary amides is 1. The second-order valence-electron chi connectivity index (χ2n) is 6.72. The van der Waals surface area contributed by atoms with Gasteiger partial charge in [0, 0.05) is 18.8 Å². The highest BCUT2D eigenvalue weighted by Gasteiger charge is 2.41. The Morgan fingerprint density at radius 1 is 1.28 bits per heavy atom. The molecule has 0 aliphatic carbocycles. The number of morpholine rings is 1. The number of hydrogen-bond donors (Lipinski definition) is 1. The Morgan fingerprint density at radius 2 is 2.03 bits per heavy atom. The van der Waals surface area contributed by atoms with Crippen molar-refractivity contribution in [3.63, 3.8) is 0 Å². The van der Waals surface area contributed by atoms with Crippen molar-refractivity contribution in [3.8, 4) is 11.5 Å². The number of ether oxygens (including phenoxy) is 3. The number of aromatic nitrogens is 1. The summed E-state index contributed by atoms with van der Waals surface area (Å²) in [5, 5.41) is 0. The number of carbonyl (C=O) groups excluding carboxylic acids is 2. The summed E-state index contributed by atoms with van der Waals surface area (Å²) in [6, 6.07) is 8.66. The molecule has 1 atom stereocenters. The minimum Gasteiger partial charge on any atom is -0.497 e. The van der Waals surface area contributed by atoms with Gasteiger partial charge < -0.3 is 24.8 Å². The van der Waals surface area contributed by atoms with Crippen LogP contribution in [0.25, 0.3) is 0 Å². The first kappa shape index (κ1) is 20.5. The lowest BCUT2D eigenvalue weighted by Gasteiger charge is -2.41. The van der Waals surface area contributed by atoms with Crippen LogP contribution in [0.15, 0.2) is 42.6 Å². The van der Waals surface area contributed by atoms with Crippen molar-refractivity contribution in [2.24, 2.45) is 5.73 Å². The van der Waals surface area contributed by atoms with Crippen LogP contribution >= 0.6 is 0 Å². The van der Waals surface area contributed by atoms with Crippen LogP contribution in [0.5, 0.6) is 11.5 Å². The molecule has 8 nitrogen and oxygen atoms in total. The van der Waals surface area contributed by atoms with Gasteiger partial charge in [-0.2, -0.15) is 0 Å². The standard InChI is InChI=1S/C20H22FN3O5/c1-27-16-6-7-23-17(10-16)19(26)24-8-9-29-20(12-24,11-18(22)25)13-28-15-4-2-14(21)3-5-15/h2-7,10H,8-9,11-13H2,1H3,(H2,22,25)/t20-/m0/s1. The van der Waals surface area contributed by atoms with Gasteiger partial charge in [0.2, 0.25) is 5.91 Å². The fraction of sp³-hybridized carbons (Fsp3) is 0.350. The predicted octanol–water partition coefficient (Wildman–Crippen LogP) is 1.39. The van der Waals surface area contributed by atoms with Gasteiger partial charge in [-0.05, 0) is 30.3 Å². The Bertz CT molecular complexity index is 877. The first-order valence-corrected chi connectivity index (χ1v) is 9.01. The largest absolute Gasteiger partial charge is 0.497 e. The molecule has 1 aromatic carbocycles. The molecular weight excluding hydrogens is 381 g/mol. The maximum Gasteiger partial charge on any atom is 0.272 e. The molecule has 0 unspecified atom stereocenters. The quantitative estimate of drug-likeness (QED) is 0.749. The minimum absolute atomic E-state index is 0.0309. The summed E-state index contributed by atoms with van der Waals surface area (Å²) in [4.78, 5) is 30.2. The zero-order chi connectivity index (χ0) is 20.9. The fourth-order valence-electron chi connectivity index (χ4n) is 3.14. The number of pyridine rings is 1. The first-order valence-electron chi connectivity index (χ1n) is 9.01. The highest BCUT2D eigenvalue weighted by atomic mass is 19.1. The number of methoxy groups -OCH3 is 1. The number of halogens is 1. The number of amides is 2. The van der Waals surface area contributed by atoms with Crippen LogP contribution in [0.4, 0.5) is 4.39 Å². The molecule has 2 N–H and O–H groups in total. The molecule has 1 aliphatic heterocycles. The van der Waals surface area contributed by atoms with Crippen LogP contribution in [-0.4, -0.2) is 60.7 Å². The summed E-state index contributed by atoms with van der Waals surface area (Å²) >= 11 is 0. The Balaban J connectivity index is 1.76. The van der Waals surface area contributed by atoms with Crippen LogP contribution in [0.3, 0.4) is 0 Å². The maximum atomic E-state index is 13.1. The zero-order valence-corrected chi connectivity index (χ0v) is 16.0. The Hall–Kier alpha value is -3.20. The highest BCUT2D eigenvalue weighted by molar-refractivity contribution is 5.92. The summed E-state index contributed by atoms with van der Waals surface area (Å²) in [5.41, 5.74) is 4.51. The lowest BCUT2D eigenvalue weighted by Crippen LogP contribution is -2.58. The van der Waals surface area contributed by atoms with E-state index in [4.69, 9.17) is 19.9 Å².